The second kappa shape index (κ2) is 5.96. The highest BCUT2D eigenvalue weighted by Crippen LogP contribution is 2.44. The predicted molar refractivity (Wildman–Crippen MR) is 75.8 cm³/mol. The molecule has 1 aromatic carbocycles. The highest BCUT2D eigenvalue weighted by atomic mass is 35.5. The zero-order chi connectivity index (χ0) is 17.3. The highest BCUT2D eigenvalue weighted by Gasteiger charge is 2.60. The lowest BCUT2D eigenvalue weighted by Gasteiger charge is -2.36. The molecule has 0 saturated heterocycles. The number of amides is 1. The first kappa shape index (κ1) is 18.6. The molecule has 22 heavy (non-hydrogen) atoms. The van der Waals surface area contributed by atoms with Gasteiger partial charge in [-0.25, -0.2) is 0 Å². The van der Waals surface area contributed by atoms with Crippen LogP contribution in [0.3, 0.4) is 0 Å². The van der Waals surface area contributed by atoms with E-state index in [0.717, 1.165) is 0 Å². The third kappa shape index (κ3) is 3.30. The van der Waals surface area contributed by atoms with Crippen LogP contribution < -0.4 is 10.5 Å². The number of ether oxygens (including phenoxy) is 1. The summed E-state index contributed by atoms with van der Waals surface area (Å²) in [6.45, 7) is 2.86. The number of benzene rings is 1. The van der Waals surface area contributed by atoms with Crippen molar-refractivity contribution in [2.75, 3.05) is 7.11 Å². The van der Waals surface area contributed by atoms with Crippen molar-refractivity contribution in [1.82, 2.24) is 0 Å². The molecule has 0 fully saturated rings. The molecule has 0 aromatic heterocycles. The fourth-order valence-corrected chi connectivity index (χ4v) is 2.56. The lowest BCUT2D eigenvalue weighted by Crippen LogP contribution is -2.58. The average molecular weight is 340 g/mol. The maximum absolute atomic E-state index is 13.1. The second-order valence-electron chi connectivity index (χ2n) is 5.60. The van der Waals surface area contributed by atoms with Crippen LogP contribution in [0.25, 0.3) is 0 Å². The highest BCUT2D eigenvalue weighted by molar-refractivity contribution is 6.32. The van der Waals surface area contributed by atoms with Crippen molar-refractivity contribution < 1.29 is 27.8 Å². The summed E-state index contributed by atoms with van der Waals surface area (Å²) in [4.78, 5) is 11.2. The molecule has 4 nitrogen and oxygen atoms in total. The Labute approximate surface area is 131 Å². The molecule has 0 radical (unpaired) electrons. The van der Waals surface area contributed by atoms with Crippen LogP contribution in [0.4, 0.5) is 13.2 Å². The Balaban J connectivity index is 3.36. The molecule has 1 amide bonds. The number of para-hydroxylation sites is 1. The van der Waals surface area contributed by atoms with E-state index in [-0.39, 0.29) is 10.8 Å². The Morgan fingerprint density at radius 2 is 1.91 bits per heavy atom. The minimum Gasteiger partial charge on any atom is -0.495 e. The fourth-order valence-electron chi connectivity index (χ4n) is 2.31. The van der Waals surface area contributed by atoms with E-state index in [1.807, 2.05) is 0 Å². The number of hydrogen-bond acceptors (Lipinski definition) is 3. The molecule has 1 aromatic rings. The van der Waals surface area contributed by atoms with Crippen LogP contribution in [0.15, 0.2) is 18.2 Å². The van der Waals surface area contributed by atoms with E-state index in [9.17, 15) is 23.1 Å². The van der Waals surface area contributed by atoms with Gasteiger partial charge in [-0.3, -0.25) is 4.79 Å². The Kier molecular flexibility index (Phi) is 5.04. The number of carbonyl (C=O) groups is 1. The van der Waals surface area contributed by atoms with Crippen LogP contribution in [0, 0.1) is 0 Å². The lowest BCUT2D eigenvalue weighted by molar-refractivity contribution is -0.255. The van der Waals surface area contributed by atoms with E-state index in [1.54, 1.807) is 6.07 Å². The maximum Gasteiger partial charge on any atom is 0.426 e. The minimum atomic E-state index is -5.19. The van der Waals surface area contributed by atoms with Crippen LogP contribution in [0.2, 0.25) is 5.02 Å². The Morgan fingerprint density at radius 1 is 1.36 bits per heavy atom. The van der Waals surface area contributed by atoms with Gasteiger partial charge in [-0.2, -0.15) is 13.2 Å². The zero-order valence-corrected chi connectivity index (χ0v) is 13.0. The minimum absolute atomic E-state index is 0.183. The molecule has 0 aliphatic carbocycles. The molecule has 0 heterocycles. The third-order valence-corrected chi connectivity index (χ3v) is 3.77. The number of rotatable bonds is 5. The number of aliphatic hydroxyl groups is 1. The summed E-state index contributed by atoms with van der Waals surface area (Å²) in [5.41, 5.74) is 0.171. The van der Waals surface area contributed by atoms with Crippen LogP contribution in [-0.4, -0.2) is 29.9 Å². The average Bonchev–Trinajstić information content (AvgIpc) is 2.36. The maximum atomic E-state index is 13.1. The number of hydrogen-bond donors (Lipinski definition) is 2. The summed E-state index contributed by atoms with van der Waals surface area (Å²) in [5.74, 6) is -1.67. The Hall–Kier alpha value is -1.47. The van der Waals surface area contributed by atoms with Crippen molar-refractivity contribution in [3.8, 4) is 5.75 Å². The first-order chi connectivity index (χ1) is 9.87. The fraction of sp³-hybridized carbons (Fsp3) is 0.500. The molecular weight excluding hydrogens is 323 g/mol. The van der Waals surface area contributed by atoms with Gasteiger partial charge in [0.25, 0.3) is 5.91 Å². The molecule has 0 saturated carbocycles. The molecule has 0 aliphatic rings. The van der Waals surface area contributed by atoms with Gasteiger partial charge in [0, 0.05) is 12.0 Å². The van der Waals surface area contributed by atoms with Gasteiger partial charge in [0.2, 0.25) is 5.60 Å². The van der Waals surface area contributed by atoms with Crippen LogP contribution in [-0.2, 0) is 10.2 Å². The number of halogens is 4. The van der Waals surface area contributed by atoms with Crippen LogP contribution >= 0.6 is 11.6 Å². The second-order valence-corrected chi connectivity index (χ2v) is 6.01. The van der Waals surface area contributed by atoms with Gasteiger partial charge < -0.3 is 15.6 Å². The lowest BCUT2D eigenvalue weighted by atomic mass is 9.74. The van der Waals surface area contributed by atoms with E-state index in [1.165, 1.54) is 33.1 Å². The predicted octanol–water partition coefficient (Wildman–Crippen LogP) is 2.80. The summed E-state index contributed by atoms with van der Waals surface area (Å²) < 4.78 is 44.3. The number of alkyl halides is 3. The van der Waals surface area contributed by atoms with Crippen molar-refractivity contribution in [3.63, 3.8) is 0 Å². The third-order valence-electron chi connectivity index (χ3n) is 3.47. The molecule has 1 unspecified atom stereocenters. The smallest absolute Gasteiger partial charge is 0.426 e. The summed E-state index contributed by atoms with van der Waals surface area (Å²) in [7, 11) is 1.32. The number of methoxy groups -OCH3 is 1. The molecule has 0 spiro atoms. The first-order valence-corrected chi connectivity index (χ1v) is 6.66. The van der Waals surface area contributed by atoms with Gasteiger partial charge in [0.15, 0.2) is 0 Å². The van der Waals surface area contributed by atoms with E-state index in [2.05, 4.69) is 0 Å². The van der Waals surface area contributed by atoms with Gasteiger partial charge >= 0.3 is 6.18 Å². The molecule has 8 heteroatoms. The standard InChI is InChI=1S/C14H17ClF3NO3/c1-12(2,7-13(21,11(19)20)14(16,17)18)8-5-4-6-9(15)10(8)22-3/h4-6,21H,7H2,1-3H3,(H2,19,20). The molecular formula is C14H17ClF3NO3. The SMILES string of the molecule is COc1c(Cl)cccc1C(C)(C)CC(O)(C(N)=O)C(F)(F)F. The van der Waals surface area contributed by atoms with Gasteiger partial charge in [0.05, 0.1) is 12.1 Å². The van der Waals surface area contributed by atoms with Gasteiger partial charge in [-0.05, 0) is 11.5 Å². The van der Waals surface area contributed by atoms with Crippen molar-refractivity contribution in [2.24, 2.45) is 5.73 Å². The topological polar surface area (TPSA) is 72.6 Å². The molecule has 124 valence electrons. The van der Waals surface area contributed by atoms with Crippen molar-refractivity contribution in [3.05, 3.63) is 28.8 Å². The molecule has 0 aliphatic heterocycles. The number of nitrogens with two attached hydrogens (primary N) is 1. The van der Waals surface area contributed by atoms with Crippen molar-refractivity contribution in [1.29, 1.82) is 0 Å². The summed E-state index contributed by atoms with van der Waals surface area (Å²) in [6.07, 6.45) is -6.16. The molecule has 0 bridgehead atoms. The largest absolute Gasteiger partial charge is 0.495 e. The van der Waals surface area contributed by atoms with E-state index >= 15 is 0 Å². The summed E-state index contributed by atoms with van der Waals surface area (Å²) >= 11 is 5.96. The quantitative estimate of drug-likeness (QED) is 0.866. The first-order valence-electron chi connectivity index (χ1n) is 6.29. The normalized spacial score (nSPS) is 15.3. The Bertz CT molecular complexity index is 575. The summed E-state index contributed by atoms with van der Waals surface area (Å²) in [5, 5.41) is 9.99. The van der Waals surface area contributed by atoms with E-state index < -0.39 is 29.5 Å². The monoisotopic (exact) mass is 339 g/mol. The Morgan fingerprint density at radius 3 is 2.32 bits per heavy atom. The van der Waals surface area contributed by atoms with Gasteiger partial charge in [0.1, 0.15) is 5.75 Å². The van der Waals surface area contributed by atoms with Gasteiger partial charge in [-0.15, -0.1) is 0 Å². The number of carbonyl (C=O) groups excluding carboxylic acids is 1. The molecule has 1 atom stereocenters. The van der Waals surface area contributed by atoms with Crippen LogP contribution in [0.1, 0.15) is 25.8 Å². The van der Waals surface area contributed by atoms with E-state index in [0.29, 0.717) is 5.56 Å². The van der Waals surface area contributed by atoms with Gasteiger partial charge in [-0.1, -0.05) is 37.6 Å². The van der Waals surface area contributed by atoms with Crippen molar-refractivity contribution in [2.45, 2.75) is 37.5 Å². The number of primary amides is 1. The van der Waals surface area contributed by atoms with Crippen LogP contribution in [0.5, 0.6) is 5.75 Å². The van der Waals surface area contributed by atoms with E-state index in [4.69, 9.17) is 22.1 Å². The zero-order valence-electron chi connectivity index (χ0n) is 12.3. The molecule has 1 rings (SSSR count). The van der Waals surface area contributed by atoms with Crippen molar-refractivity contribution >= 4 is 17.5 Å². The molecule has 3 N–H and O–H groups in total. The summed E-state index contributed by atoms with van der Waals surface area (Å²) in [6, 6.07) is 4.57.